The smallest absolute Gasteiger partial charge is 0.416 e. The number of carbonyl (C=O) groups is 2. The Kier molecular flexibility index (Phi) is 6.82. The first-order chi connectivity index (χ1) is 15.1. The van der Waals surface area contributed by atoms with E-state index in [2.05, 4.69) is 10.6 Å². The molecule has 2 N–H and O–H groups in total. The Morgan fingerprint density at radius 2 is 1.56 bits per heavy atom. The van der Waals surface area contributed by atoms with Gasteiger partial charge in [0, 0.05) is 16.9 Å². The summed E-state index contributed by atoms with van der Waals surface area (Å²) in [7, 11) is 0. The van der Waals surface area contributed by atoms with Gasteiger partial charge in [-0.25, -0.2) is 0 Å². The number of halogens is 3. The Morgan fingerprint density at radius 1 is 0.875 bits per heavy atom. The highest BCUT2D eigenvalue weighted by molar-refractivity contribution is 6.05. The lowest BCUT2D eigenvalue weighted by Gasteiger charge is -2.12. The molecule has 0 saturated heterocycles. The molecule has 32 heavy (non-hydrogen) atoms. The number of anilines is 2. The largest absolute Gasteiger partial charge is 0.483 e. The Labute approximate surface area is 183 Å². The Morgan fingerprint density at radius 3 is 2.25 bits per heavy atom. The van der Waals surface area contributed by atoms with Crippen molar-refractivity contribution in [2.75, 3.05) is 17.2 Å². The predicted octanol–water partition coefficient (Wildman–Crippen LogP) is 5.59. The van der Waals surface area contributed by atoms with Gasteiger partial charge in [-0.3, -0.25) is 9.59 Å². The maximum atomic E-state index is 12.9. The zero-order valence-electron chi connectivity index (χ0n) is 17.4. The molecule has 3 aromatic carbocycles. The average Bonchev–Trinajstić information content (AvgIpc) is 2.73. The third-order valence-electron chi connectivity index (χ3n) is 4.55. The molecule has 0 fully saturated rings. The number of carbonyl (C=O) groups excluding carboxylic acids is 2. The van der Waals surface area contributed by atoms with Crippen molar-refractivity contribution in [1.29, 1.82) is 0 Å². The van der Waals surface area contributed by atoms with Crippen molar-refractivity contribution >= 4 is 23.2 Å². The van der Waals surface area contributed by atoms with Crippen molar-refractivity contribution < 1.29 is 27.5 Å². The second kappa shape index (κ2) is 9.55. The number of amides is 2. The van der Waals surface area contributed by atoms with Crippen LogP contribution in [0.15, 0.2) is 66.7 Å². The second-order valence-corrected chi connectivity index (χ2v) is 7.22. The molecule has 0 radical (unpaired) electrons. The van der Waals surface area contributed by atoms with Gasteiger partial charge in [0.25, 0.3) is 11.8 Å². The topological polar surface area (TPSA) is 67.4 Å². The van der Waals surface area contributed by atoms with E-state index >= 15 is 0 Å². The van der Waals surface area contributed by atoms with Crippen LogP contribution in [-0.2, 0) is 11.0 Å². The fourth-order valence-electron chi connectivity index (χ4n) is 3.02. The monoisotopic (exact) mass is 442 g/mol. The van der Waals surface area contributed by atoms with Crippen molar-refractivity contribution in [1.82, 2.24) is 0 Å². The van der Waals surface area contributed by atoms with E-state index in [-0.39, 0.29) is 17.9 Å². The van der Waals surface area contributed by atoms with Gasteiger partial charge in [-0.1, -0.05) is 29.8 Å². The Hall–Kier alpha value is -3.81. The summed E-state index contributed by atoms with van der Waals surface area (Å²) in [6, 6.07) is 16.0. The van der Waals surface area contributed by atoms with E-state index in [0.717, 1.165) is 23.3 Å². The third kappa shape index (κ3) is 6.10. The lowest BCUT2D eigenvalue weighted by atomic mass is 10.1. The molecule has 2 amide bonds. The zero-order valence-corrected chi connectivity index (χ0v) is 17.4. The minimum atomic E-state index is -4.51. The number of hydrogen-bond donors (Lipinski definition) is 2. The van der Waals surface area contributed by atoms with Gasteiger partial charge < -0.3 is 15.4 Å². The summed E-state index contributed by atoms with van der Waals surface area (Å²) in [5.74, 6) is -0.424. The minimum absolute atomic E-state index is 0.0149. The van der Waals surface area contributed by atoms with E-state index in [1.54, 1.807) is 18.2 Å². The Balaban J connectivity index is 1.62. The summed E-state index contributed by atoms with van der Waals surface area (Å²) in [6.07, 6.45) is -4.51. The minimum Gasteiger partial charge on any atom is -0.483 e. The van der Waals surface area contributed by atoms with Crippen LogP contribution in [0.5, 0.6) is 5.75 Å². The zero-order chi connectivity index (χ0) is 23.3. The third-order valence-corrected chi connectivity index (χ3v) is 4.55. The van der Waals surface area contributed by atoms with Crippen LogP contribution in [0, 0.1) is 13.8 Å². The van der Waals surface area contributed by atoms with E-state index in [9.17, 15) is 22.8 Å². The van der Waals surface area contributed by atoms with Gasteiger partial charge >= 0.3 is 6.18 Å². The first-order valence-corrected chi connectivity index (χ1v) is 9.70. The number of aryl methyl sites for hydroxylation is 2. The van der Waals surface area contributed by atoms with E-state index < -0.39 is 23.6 Å². The molecule has 0 aliphatic heterocycles. The molecule has 0 heterocycles. The van der Waals surface area contributed by atoms with Crippen molar-refractivity contribution in [3.8, 4) is 5.75 Å². The van der Waals surface area contributed by atoms with Crippen LogP contribution in [-0.4, -0.2) is 18.4 Å². The van der Waals surface area contributed by atoms with Crippen LogP contribution < -0.4 is 15.4 Å². The lowest BCUT2D eigenvalue weighted by Crippen LogP contribution is -2.21. The number of hydrogen-bond acceptors (Lipinski definition) is 3. The molecule has 0 saturated carbocycles. The van der Waals surface area contributed by atoms with Crippen LogP contribution in [0.25, 0.3) is 0 Å². The molecule has 3 rings (SSSR count). The standard InChI is InChI=1S/C24H21F3N2O3/c1-15-9-10-21(16(2)11-15)32-14-22(30)28-19-7-3-5-17(12-19)23(31)29-20-8-4-6-18(13-20)24(25,26)27/h3-13H,14H2,1-2H3,(H,28,30)(H,29,31). The van der Waals surface area contributed by atoms with Gasteiger partial charge in [0.1, 0.15) is 5.75 Å². The number of nitrogens with one attached hydrogen (secondary N) is 2. The molecule has 0 unspecified atom stereocenters. The van der Waals surface area contributed by atoms with E-state index in [0.29, 0.717) is 11.4 Å². The first kappa shape index (κ1) is 22.9. The molecular formula is C24H21F3N2O3. The molecular weight excluding hydrogens is 421 g/mol. The van der Waals surface area contributed by atoms with Gasteiger partial charge in [0.05, 0.1) is 5.56 Å². The van der Waals surface area contributed by atoms with Gasteiger partial charge in [0.15, 0.2) is 6.61 Å². The highest BCUT2D eigenvalue weighted by Gasteiger charge is 2.30. The number of rotatable bonds is 6. The van der Waals surface area contributed by atoms with Gasteiger partial charge in [0.2, 0.25) is 0 Å². The molecule has 0 bridgehead atoms. The van der Waals surface area contributed by atoms with Crippen LogP contribution >= 0.6 is 0 Å². The summed E-state index contributed by atoms with van der Waals surface area (Å²) in [4.78, 5) is 24.7. The first-order valence-electron chi connectivity index (χ1n) is 9.70. The fourth-order valence-corrected chi connectivity index (χ4v) is 3.02. The number of benzene rings is 3. The van der Waals surface area contributed by atoms with Crippen LogP contribution in [0.1, 0.15) is 27.0 Å². The summed E-state index contributed by atoms with van der Waals surface area (Å²) in [6.45, 7) is 3.62. The number of alkyl halides is 3. The SMILES string of the molecule is Cc1ccc(OCC(=O)Nc2cccc(C(=O)Nc3cccc(C(F)(F)F)c3)c2)c(C)c1. The highest BCUT2D eigenvalue weighted by atomic mass is 19.4. The predicted molar refractivity (Wildman–Crippen MR) is 116 cm³/mol. The normalized spacial score (nSPS) is 11.0. The van der Waals surface area contributed by atoms with Crippen molar-refractivity contribution in [3.63, 3.8) is 0 Å². The summed E-state index contributed by atoms with van der Waals surface area (Å²) in [5, 5.41) is 5.07. The molecule has 0 aromatic heterocycles. The quantitative estimate of drug-likeness (QED) is 0.523. The molecule has 3 aromatic rings. The maximum Gasteiger partial charge on any atom is 0.416 e. The van der Waals surface area contributed by atoms with Crippen molar-refractivity contribution in [2.24, 2.45) is 0 Å². The molecule has 0 atom stereocenters. The van der Waals surface area contributed by atoms with Gasteiger partial charge in [-0.15, -0.1) is 0 Å². The molecule has 0 aliphatic rings. The molecule has 5 nitrogen and oxygen atoms in total. The Bertz CT molecular complexity index is 1140. The molecule has 166 valence electrons. The average molecular weight is 442 g/mol. The molecule has 0 aliphatic carbocycles. The van der Waals surface area contributed by atoms with Crippen LogP contribution in [0.4, 0.5) is 24.5 Å². The van der Waals surface area contributed by atoms with Gasteiger partial charge in [-0.05, 0) is 61.9 Å². The highest BCUT2D eigenvalue weighted by Crippen LogP contribution is 2.30. The second-order valence-electron chi connectivity index (χ2n) is 7.22. The van der Waals surface area contributed by atoms with Crippen molar-refractivity contribution in [3.05, 3.63) is 89.0 Å². The van der Waals surface area contributed by atoms with E-state index in [1.165, 1.54) is 24.3 Å². The van der Waals surface area contributed by atoms with E-state index in [1.807, 2.05) is 26.0 Å². The van der Waals surface area contributed by atoms with Crippen LogP contribution in [0.2, 0.25) is 0 Å². The molecule has 8 heteroatoms. The van der Waals surface area contributed by atoms with Crippen LogP contribution in [0.3, 0.4) is 0 Å². The molecule has 0 spiro atoms. The van der Waals surface area contributed by atoms with E-state index in [4.69, 9.17) is 4.74 Å². The number of ether oxygens (including phenoxy) is 1. The van der Waals surface area contributed by atoms with Gasteiger partial charge in [-0.2, -0.15) is 13.2 Å². The lowest BCUT2D eigenvalue weighted by molar-refractivity contribution is -0.137. The maximum absolute atomic E-state index is 12.9. The summed E-state index contributed by atoms with van der Waals surface area (Å²) in [5.41, 5.74) is 1.68. The fraction of sp³-hybridized carbons (Fsp3) is 0.167. The van der Waals surface area contributed by atoms with Crippen molar-refractivity contribution in [2.45, 2.75) is 20.0 Å². The summed E-state index contributed by atoms with van der Waals surface area (Å²) >= 11 is 0. The summed E-state index contributed by atoms with van der Waals surface area (Å²) < 4.78 is 44.1.